The maximum Gasteiger partial charge on any atom is 0.416 e. The summed E-state index contributed by atoms with van der Waals surface area (Å²) in [4.78, 5) is 12.5. The quantitative estimate of drug-likeness (QED) is 0.444. The summed E-state index contributed by atoms with van der Waals surface area (Å²) in [7, 11) is 0. The van der Waals surface area contributed by atoms with E-state index in [4.69, 9.17) is 17.0 Å². The Morgan fingerprint density at radius 3 is 2.62 bits per heavy atom. The standard InChI is InChI=1S/C22H23F3N4O2S/c1-3-31-18-9-7-15(8-10-18)20-27-28-21(32)29(20)12-11-19(30)26-14(2)16-5-4-6-17(13-16)22(23,24)25/h4-10,13-14H,3,11-12H2,1-2H3,(H,26,30)(H,28,32). The Hall–Kier alpha value is -3.14. The van der Waals surface area contributed by atoms with Crippen LogP contribution in [0.3, 0.4) is 0 Å². The fourth-order valence-corrected chi connectivity index (χ4v) is 3.43. The van der Waals surface area contributed by atoms with E-state index in [1.54, 1.807) is 17.6 Å². The van der Waals surface area contributed by atoms with E-state index in [1.165, 1.54) is 6.07 Å². The Morgan fingerprint density at radius 2 is 1.97 bits per heavy atom. The van der Waals surface area contributed by atoms with Crippen molar-refractivity contribution in [2.75, 3.05) is 6.61 Å². The number of amides is 1. The molecule has 1 atom stereocenters. The third-order valence-corrected chi connectivity index (χ3v) is 5.15. The van der Waals surface area contributed by atoms with Gasteiger partial charge in [0.2, 0.25) is 5.91 Å². The van der Waals surface area contributed by atoms with Gasteiger partial charge in [0.15, 0.2) is 10.6 Å². The summed E-state index contributed by atoms with van der Waals surface area (Å²) < 4.78 is 46.3. The first kappa shape index (κ1) is 23.5. The molecule has 0 saturated heterocycles. The molecular weight excluding hydrogens is 441 g/mol. The summed E-state index contributed by atoms with van der Waals surface area (Å²) in [6.07, 6.45) is -4.35. The SMILES string of the molecule is CCOc1ccc(-c2n[nH]c(=S)n2CCC(=O)NC(C)c2cccc(C(F)(F)F)c2)cc1. The molecule has 32 heavy (non-hydrogen) atoms. The van der Waals surface area contributed by atoms with Crippen LogP contribution in [0, 0.1) is 4.77 Å². The first-order valence-electron chi connectivity index (χ1n) is 10.0. The average molecular weight is 465 g/mol. The minimum Gasteiger partial charge on any atom is -0.494 e. The lowest BCUT2D eigenvalue weighted by Crippen LogP contribution is -2.27. The van der Waals surface area contributed by atoms with Crippen molar-refractivity contribution in [3.05, 3.63) is 64.4 Å². The number of hydrogen-bond donors (Lipinski definition) is 2. The maximum absolute atomic E-state index is 12.9. The summed E-state index contributed by atoms with van der Waals surface area (Å²) in [6.45, 7) is 4.37. The molecule has 0 saturated carbocycles. The lowest BCUT2D eigenvalue weighted by atomic mass is 10.0. The number of ether oxygens (including phenoxy) is 1. The second kappa shape index (κ2) is 9.99. The number of alkyl halides is 3. The van der Waals surface area contributed by atoms with Gasteiger partial charge in [0.25, 0.3) is 0 Å². The second-order valence-corrected chi connectivity index (χ2v) is 7.51. The normalized spacial score (nSPS) is 12.4. The number of H-pyrrole nitrogens is 1. The van der Waals surface area contributed by atoms with Crippen LogP contribution in [-0.2, 0) is 17.5 Å². The third-order valence-electron chi connectivity index (χ3n) is 4.84. The first-order valence-corrected chi connectivity index (χ1v) is 10.4. The fourth-order valence-electron chi connectivity index (χ4n) is 3.21. The highest BCUT2D eigenvalue weighted by Crippen LogP contribution is 2.30. The van der Waals surface area contributed by atoms with Gasteiger partial charge >= 0.3 is 6.18 Å². The number of rotatable bonds is 8. The highest BCUT2D eigenvalue weighted by atomic mass is 32.1. The Kier molecular flexibility index (Phi) is 7.34. The lowest BCUT2D eigenvalue weighted by molar-refractivity contribution is -0.137. The van der Waals surface area contributed by atoms with Crippen molar-refractivity contribution in [2.24, 2.45) is 0 Å². The molecule has 0 spiro atoms. The molecule has 0 aliphatic heterocycles. The van der Waals surface area contributed by atoms with E-state index < -0.39 is 17.8 Å². The van der Waals surface area contributed by atoms with Crippen molar-refractivity contribution < 1.29 is 22.7 Å². The zero-order valence-corrected chi connectivity index (χ0v) is 18.4. The second-order valence-electron chi connectivity index (χ2n) is 7.12. The highest BCUT2D eigenvalue weighted by Gasteiger charge is 2.30. The van der Waals surface area contributed by atoms with Crippen molar-refractivity contribution in [2.45, 2.75) is 39.0 Å². The van der Waals surface area contributed by atoms with Gasteiger partial charge in [-0.2, -0.15) is 18.3 Å². The summed E-state index contributed by atoms with van der Waals surface area (Å²) in [5, 5.41) is 9.72. The molecular formula is C22H23F3N4O2S. The number of aromatic nitrogens is 3. The van der Waals surface area contributed by atoms with Gasteiger partial charge in [-0.05, 0) is 68.0 Å². The van der Waals surface area contributed by atoms with Crippen LogP contribution in [0.4, 0.5) is 13.2 Å². The Morgan fingerprint density at radius 1 is 1.25 bits per heavy atom. The van der Waals surface area contributed by atoms with E-state index in [9.17, 15) is 18.0 Å². The zero-order valence-electron chi connectivity index (χ0n) is 17.6. The Labute approximate surface area is 188 Å². The van der Waals surface area contributed by atoms with Crippen LogP contribution < -0.4 is 10.1 Å². The molecule has 0 fully saturated rings. The van der Waals surface area contributed by atoms with E-state index in [-0.39, 0.29) is 18.9 Å². The predicted molar refractivity (Wildman–Crippen MR) is 117 cm³/mol. The van der Waals surface area contributed by atoms with E-state index in [1.807, 2.05) is 31.2 Å². The summed E-state index contributed by atoms with van der Waals surface area (Å²) >= 11 is 5.29. The molecule has 2 N–H and O–H groups in total. The molecule has 1 amide bonds. The highest BCUT2D eigenvalue weighted by molar-refractivity contribution is 7.71. The fraction of sp³-hybridized carbons (Fsp3) is 0.318. The number of nitrogens with zero attached hydrogens (tertiary/aromatic N) is 2. The molecule has 6 nitrogen and oxygen atoms in total. The molecule has 2 aromatic carbocycles. The number of benzene rings is 2. The van der Waals surface area contributed by atoms with Crippen LogP contribution in [0.1, 0.15) is 37.4 Å². The molecule has 3 aromatic rings. The smallest absolute Gasteiger partial charge is 0.416 e. The van der Waals surface area contributed by atoms with Gasteiger partial charge in [0, 0.05) is 18.5 Å². The maximum atomic E-state index is 12.9. The van der Waals surface area contributed by atoms with Gasteiger partial charge in [-0.3, -0.25) is 14.5 Å². The number of aromatic amines is 1. The van der Waals surface area contributed by atoms with Crippen LogP contribution in [0.2, 0.25) is 0 Å². The van der Waals surface area contributed by atoms with Crippen molar-refractivity contribution in [1.82, 2.24) is 20.1 Å². The average Bonchev–Trinajstić information content (AvgIpc) is 3.13. The molecule has 1 aromatic heterocycles. The molecule has 170 valence electrons. The number of carbonyl (C=O) groups excluding carboxylic acids is 1. The molecule has 0 radical (unpaired) electrons. The summed E-state index contributed by atoms with van der Waals surface area (Å²) in [6, 6.07) is 11.7. The van der Waals surface area contributed by atoms with Gasteiger partial charge in [-0.15, -0.1) is 0 Å². The number of hydrogen-bond acceptors (Lipinski definition) is 4. The molecule has 3 rings (SSSR count). The lowest BCUT2D eigenvalue weighted by Gasteiger charge is -2.16. The van der Waals surface area contributed by atoms with Crippen LogP contribution in [-0.4, -0.2) is 27.3 Å². The van der Waals surface area contributed by atoms with E-state index in [0.29, 0.717) is 22.8 Å². The molecule has 0 aliphatic rings. The van der Waals surface area contributed by atoms with Gasteiger partial charge in [0.05, 0.1) is 18.2 Å². The minimum atomic E-state index is -4.44. The topological polar surface area (TPSA) is 71.9 Å². The van der Waals surface area contributed by atoms with Crippen LogP contribution in [0.5, 0.6) is 5.75 Å². The molecule has 0 aliphatic carbocycles. The Bertz CT molecular complexity index is 1120. The van der Waals surface area contributed by atoms with Crippen molar-refractivity contribution >= 4 is 18.1 Å². The summed E-state index contributed by atoms with van der Waals surface area (Å²) in [5.41, 5.74) is 0.433. The van der Waals surface area contributed by atoms with Gasteiger partial charge < -0.3 is 10.1 Å². The van der Waals surface area contributed by atoms with E-state index >= 15 is 0 Å². The third kappa shape index (κ3) is 5.76. The molecule has 1 unspecified atom stereocenters. The van der Waals surface area contributed by atoms with Crippen LogP contribution in [0.15, 0.2) is 48.5 Å². The molecule has 1 heterocycles. The monoisotopic (exact) mass is 464 g/mol. The Balaban J connectivity index is 1.65. The number of carbonyl (C=O) groups is 1. The van der Waals surface area contributed by atoms with Gasteiger partial charge in [-0.25, -0.2) is 0 Å². The van der Waals surface area contributed by atoms with Gasteiger partial charge in [0.1, 0.15) is 5.75 Å². The number of nitrogens with one attached hydrogen (secondary N) is 2. The minimum absolute atomic E-state index is 0.0845. The molecule has 10 heteroatoms. The summed E-state index contributed by atoms with van der Waals surface area (Å²) in [5.74, 6) is 1.01. The largest absolute Gasteiger partial charge is 0.494 e. The number of halogens is 3. The van der Waals surface area contributed by atoms with E-state index in [0.717, 1.165) is 23.4 Å². The predicted octanol–water partition coefficient (Wildman–Crippen LogP) is 5.29. The van der Waals surface area contributed by atoms with Crippen molar-refractivity contribution in [1.29, 1.82) is 0 Å². The van der Waals surface area contributed by atoms with Crippen molar-refractivity contribution in [3.8, 4) is 17.1 Å². The zero-order chi connectivity index (χ0) is 23.3. The van der Waals surface area contributed by atoms with Crippen LogP contribution in [0.25, 0.3) is 11.4 Å². The first-order chi connectivity index (χ1) is 15.2. The van der Waals surface area contributed by atoms with Crippen LogP contribution >= 0.6 is 12.2 Å². The molecule has 0 bridgehead atoms. The van der Waals surface area contributed by atoms with E-state index in [2.05, 4.69) is 15.5 Å². The van der Waals surface area contributed by atoms with Crippen molar-refractivity contribution in [3.63, 3.8) is 0 Å². The van der Waals surface area contributed by atoms with Gasteiger partial charge in [-0.1, -0.05) is 12.1 Å².